The van der Waals surface area contributed by atoms with E-state index >= 15 is 0 Å². The molecule has 3 aromatic heterocycles. The number of amides is 1. The second-order valence-corrected chi connectivity index (χ2v) is 9.00. The molecule has 3 aromatic rings. The fourth-order valence-electron chi connectivity index (χ4n) is 3.70. The van der Waals surface area contributed by atoms with Crippen molar-refractivity contribution in [3.63, 3.8) is 0 Å². The van der Waals surface area contributed by atoms with E-state index in [-0.39, 0.29) is 5.91 Å². The van der Waals surface area contributed by atoms with Gasteiger partial charge in [-0.25, -0.2) is 15.0 Å². The number of anilines is 1. The largest absolute Gasteiger partial charge is 0.377 e. The Hall–Kier alpha value is -2.84. The van der Waals surface area contributed by atoms with E-state index < -0.39 is 0 Å². The van der Waals surface area contributed by atoms with E-state index in [0.717, 1.165) is 55.5 Å². The van der Waals surface area contributed by atoms with Crippen LogP contribution in [0.2, 0.25) is 0 Å². The fraction of sp³-hybridized carbons (Fsp3) is 0.238. The van der Waals surface area contributed by atoms with Gasteiger partial charge in [0.1, 0.15) is 9.71 Å². The van der Waals surface area contributed by atoms with Crippen molar-refractivity contribution in [1.29, 1.82) is 0 Å². The zero-order chi connectivity index (χ0) is 20.0. The maximum Gasteiger partial charge on any atom is 0.288 e. The van der Waals surface area contributed by atoms with Gasteiger partial charge in [0.25, 0.3) is 5.91 Å². The first-order chi connectivity index (χ1) is 14.1. The van der Waals surface area contributed by atoms with Gasteiger partial charge in [-0.1, -0.05) is 6.08 Å². The van der Waals surface area contributed by atoms with Gasteiger partial charge in [0.15, 0.2) is 0 Å². The first-order valence-corrected chi connectivity index (χ1v) is 11.1. The summed E-state index contributed by atoms with van der Waals surface area (Å²) in [5, 5.41) is 7.15. The number of fused-ring (bicyclic) bond motifs is 4. The molecule has 0 fully saturated rings. The molecule has 1 aliphatic carbocycles. The predicted octanol–water partition coefficient (Wildman–Crippen LogP) is 4.65. The number of rotatable bonds is 2. The monoisotopic (exact) mass is 421 g/mol. The van der Waals surface area contributed by atoms with Gasteiger partial charge in [0, 0.05) is 44.0 Å². The van der Waals surface area contributed by atoms with Crippen molar-refractivity contribution in [2.75, 3.05) is 19.0 Å². The highest BCUT2D eigenvalue weighted by molar-refractivity contribution is 7.20. The van der Waals surface area contributed by atoms with Gasteiger partial charge in [-0.05, 0) is 36.6 Å². The van der Waals surface area contributed by atoms with Crippen molar-refractivity contribution >= 4 is 62.9 Å². The van der Waals surface area contributed by atoms with Crippen molar-refractivity contribution in [3.05, 3.63) is 50.6 Å². The van der Waals surface area contributed by atoms with E-state index in [0.29, 0.717) is 6.42 Å². The first kappa shape index (κ1) is 18.2. The molecule has 0 atom stereocenters. The highest BCUT2D eigenvalue weighted by Crippen LogP contribution is 2.39. The molecule has 1 aliphatic heterocycles. The van der Waals surface area contributed by atoms with E-state index in [1.807, 2.05) is 44.2 Å². The van der Waals surface area contributed by atoms with E-state index in [2.05, 4.69) is 32.1 Å². The summed E-state index contributed by atoms with van der Waals surface area (Å²) in [6, 6.07) is 2.01. The quantitative estimate of drug-likeness (QED) is 0.604. The number of thiophene rings is 1. The Bertz CT molecular complexity index is 1200. The summed E-state index contributed by atoms with van der Waals surface area (Å²) in [7, 11) is 4.04. The van der Waals surface area contributed by atoms with Crippen LogP contribution < -0.4 is 4.90 Å². The summed E-state index contributed by atoms with van der Waals surface area (Å²) in [6.07, 6.45) is 11.9. The predicted molar refractivity (Wildman–Crippen MR) is 121 cm³/mol. The topological polar surface area (TPSA) is 61.7 Å². The number of hydrazone groups is 1. The Morgan fingerprint density at radius 1 is 1.24 bits per heavy atom. The highest BCUT2D eigenvalue weighted by Gasteiger charge is 2.28. The Balaban J connectivity index is 1.64. The molecular weight excluding hydrogens is 402 g/mol. The molecule has 1 amide bonds. The summed E-state index contributed by atoms with van der Waals surface area (Å²) < 4.78 is 0. The maximum atomic E-state index is 13.6. The third kappa shape index (κ3) is 3.08. The number of nitrogens with zero attached hydrogens (tertiary/aromatic N) is 5. The number of thiazole rings is 1. The molecule has 0 radical (unpaired) electrons. The summed E-state index contributed by atoms with van der Waals surface area (Å²) in [4.78, 5) is 27.4. The van der Waals surface area contributed by atoms with Crippen molar-refractivity contribution in [2.45, 2.75) is 19.3 Å². The van der Waals surface area contributed by atoms with Gasteiger partial charge < -0.3 is 4.90 Å². The number of carbonyl (C=O) groups excluding carboxylic acids is 1. The van der Waals surface area contributed by atoms with Crippen LogP contribution >= 0.6 is 22.7 Å². The van der Waals surface area contributed by atoms with Crippen LogP contribution in [0.15, 0.2) is 34.6 Å². The Kier molecular flexibility index (Phi) is 4.52. The van der Waals surface area contributed by atoms with Crippen molar-refractivity contribution in [3.8, 4) is 0 Å². The lowest BCUT2D eigenvalue weighted by atomic mass is 10.0. The van der Waals surface area contributed by atoms with E-state index in [1.165, 1.54) is 11.3 Å². The molecule has 146 valence electrons. The number of hydrogen-bond donors (Lipinski definition) is 0. The van der Waals surface area contributed by atoms with E-state index in [9.17, 15) is 4.79 Å². The molecule has 4 heterocycles. The first-order valence-electron chi connectivity index (χ1n) is 9.38. The second-order valence-electron chi connectivity index (χ2n) is 7.11. The van der Waals surface area contributed by atoms with Crippen LogP contribution in [0.1, 0.15) is 38.6 Å². The Labute approximate surface area is 176 Å². The van der Waals surface area contributed by atoms with Crippen LogP contribution in [0, 0.1) is 0 Å². The smallest absolute Gasteiger partial charge is 0.288 e. The minimum absolute atomic E-state index is 0.0954. The highest BCUT2D eigenvalue weighted by atomic mass is 32.1. The number of carbonyl (C=O) groups is 1. The van der Waals surface area contributed by atoms with Crippen LogP contribution in [-0.4, -0.2) is 41.2 Å². The fourth-order valence-corrected chi connectivity index (χ4v) is 5.52. The lowest BCUT2D eigenvalue weighted by Gasteiger charge is -2.21. The van der Waals surface area contributed by atoms with E-state index in [1.54, 1.807) is 16.3 Å². The minimum atomic E-state index is -0.0954. The molecule has 8 heteroatoms. The standard InChI is InChI=1S/C21H19N5OS2/c1-25(2)16-8-10-22-20-18(16)14-6-4-9-24-26(21(27)19(14)29-20)13-5-3-7-17-15(11-13)23-12-28-17/h3,7-12H,4-6H2,1-2H3/b24-9-. The van der Waals surface area contributed by atoms with Crippen LogP contribution in [0.3, 0.4) is 0 Å². The molecule has 0 aromatic carbocycles. The summed E-state index contributed by atoms with van der Waals surface area (Å²) in [6.45, 7) is 0. The molecule has 0 unspecified atom stereocenters. The Morgan fingerprint density at radius 2 is 2.14 bits per heavy atom. The molecule has 2 aliphatic rings. The molecule has 0 bridgehead atoms. The van der Waals surface area contributed by atoms with Gasteiger partial charge in [-0.3, -0.25) is 4.79 Å². The molecule has 0 N–H and O–H groups in total. The zero-order valence-corrected chi connectivity index (χ0v) is 17.8. The average Bonchev–Trinajstić information content (AvgIpc) is 3.24. The summed E-state index contributed by atoms with van der Waals surface area (Å²) in [5.74, 6) is -0.0954. The Morgan fingerprint density at radius 3 is 3.00 bits per heavy atom. The maximum absolute atomic E-state index is 13.6. The van der Waals surface area contributed by atoms with Gasteiger partial charge in [0.05, 0.1) is 21.8 Å². The number of aryl methyl sites for hydroxylation is 1. The molecule has 0 spiro atoms. The molecule has 6 nitrogen and oxygen atoms in total. The lowest BCUT2D eigenvalue weighted by molar-refractivity contribution is 0.0812. The van der Waals surface area contributed by atoms with Gasteiger partial charge >= 0.3 is 0 Å². The van der Waals surface area contributed by atoms with Gasteiger partial charge in [-0.15, -0.1) is 22.7 Å². The van der Waals surface area contributed by atoms with Crippen LogP contribution in [0.4, 0.5) is 5.69 Å². The van der Waals surface area contributed by atoms with Gasteiger partial charge in [0.2, 0.25) is 0 Å². The third-order valence-corrected chi connectivity index (χ3v) is 6.99. The SMILES string of the molecule is CN(C)c1ccnc2sc3c(c12)CC/C=N\N(C1=Cc2ncsc2C=CC1)C3=O. The number of allylic oxidation sites excluding steroid dienone is 1. The van der Waals surface area contributed by atoms with Crippen molar-refractivity contribution in [1.82, 2.24) is 15.0 Å². The molecule has 29 heavy (non-hydrogen) atoms. The lowest BCUT2D eigenvalue weighted by Crippen LogP contribution is -2.26. The molecular formula is C21H19N5OS2. The number of pyridine rings is 1. The van der Waals surface area contributed by atoms with Crippen molar-refractivity contribution in [2.24, 2.45) is 5.10 Å². The summed E-state index contributed by atoms with van der Waals surface area (Å²) in [5.41, 5.74) is 5.70. The van der Waals surface area contributed by atoms with Crippen LogP contribution in [0.5, 0.6) is 0 Å². The van der Waals surface area contributed by atoms with E-state index in [4.69, 9.17) is 0 Å². The third-order valence-electron chi connectivity index (χ3n) is 5.05. The van der Waals surface area contributed by atoms with Crippen LogP contribution in [0.25, 0.3) is 22.4 Å². The van der Waals surface area contributed by atoms with Crippen LogP contribution in [-0.2, 0) is 6.42 Å². The molecule has 0 saturated carbocycles. The zero-order valence-electron chi connectivity index (χ0n) is 16.1. The normalized spacial score (nSPS) is 17.2. The van der Waals surface area contributed by atoms with Gasteiger partial charge in [-0.2, -0.15) is 5.10 Å². The second kappa shape index (κ2) is 7.20. The molecule has 5 rings (SSSR count). The molecule has 0 saturated heterocycles. The number of hydrogen-bond acceptors (Lipinski definition) is 7. The minimum Gasteiger partial charge on any atom is -0.377 e. The average molecular weight is 422 g/mol. The summed E-state index contributed by atoms with van der Waals surface area (Å²) >= 11 is 3.06. The number of aromatic nitrogens is 2. The van der Waals surface area contributed by atoms with Crippen molar-refractivity contribution < 1.29 is 4.79 Å².